The highest BCUT2D eigenvalue weighted by Crippen LogP contribution is 2.24. The van der Waals surface area contributed by atoms with Gasteiger partial charge in [0.05, 0.1) is 5.69 Å². The number of para-hydroxylation sites is 1. The number of H-pyrrole nitrogens is 1. The number of nitrogens with zero attached hydrogens (tertiary/aromatic N) is 1. The lowest BCUT2D eigenvalue weighted by atomic mass is 10.2. The van der Waals surface area contributed by atoms with E-state index in [0.717, 1.165) is 5.56 Å². The molecular weight excluding hydrogens is 276 g/mol. The van der Waals surface area contributed by atoms with Crippen molar-refractivity contribution in [3.63, 3.8) is 0 Å². The number of aromatic amines is 1. The van der Waals surface area contributed by atoms with Crippen molar-refractivity contribution in [3.05, 3.63) is 58.5 Å². The molecule has 1 heterocycles. The van der Waals surface area contributed by atoms with Gasteiger partial charge in [0, 0.05) is 25.0 Å². The summed E-state index contributed by atoms with van der Waals surface area (Å²) < 4.78 is 26.5. The van der Waals surface area contributed by atoms with Crippen molar-refractivity contribution in [2.45, 2.75) is 18.7 Å². The monoisotopic (exact) mass is 292 g/mol. The number of anilines is 1. The molecule has 0 bridgehead atoms. The first kappa shape index (κ1) is 14.3. The molecule has 1 aromatic heterocycles. The summed E-state index contributed by atoms with van der Waals surface area (Å²) in [5.74, 6) is 0. The van der Waals surface area contributed by atoms with Gasteiger partial charge < -0.3 is 4.98 Å². The summed E-state index contributed by atoms with van der Waals surface area (Å²) >= 11 is 0. The molecule has 0 aliphatic rings. The lowest BCUT2D eigenvalue weighted by Crippen LogP contribution is -2.34. The fraction of sp³-hybridized carbons (Fsp3) is 0.214. The van der Waals surface area contributed by atoms with Gasteiger partial charge in [0.15, 0.2) is 4.90 Å². The molecule has 0 saturated heterocycles. The van der Waals surface area contributed by atoms with Crippen LogP contribution in [0, 0.1) is 6.92 Å². The molecule has 0 saturated carbocycles. The van der Waals surface area contributed by atoms with Crippen LogP contribution in [0.5, 0.6) is 0 Å². The van der Waals surface area contributed by atoms with E-state index in [2.05, 4.69) is 4.98 Å². The van der Waals surface area contributed by atoms with E-state index in [1.807, 2.05) is 19.1 Å². The van der Waals surface area contributed by atoms with E-state index in [1.165, 1.54) is 22.8 Å². The van der Waals surface area contributed by atoms with Crippen molar-refractivity contribution in [3.8, 4) is 0 Å². The van der Waals surface area contributed by atoms with Crippen LogP contribution in [0.25, 0.3) is 0 Å². The van der Waals surface area contributed by atoms with E-state index < -0.39 is 15.5 Å². The molecule has 6 heteroatoms. The van der Waals surface area contributed by atoms with E-state index in [9.17, 15) is 13.2 Å². The van der Waals surface area contributed by atoms with Crippen LogP contribution in [0.4, 0.5) is 5.69 Å². The van der Waals surface area contributed by atoms with Crippen LogP contribution in [0.1, 0.15) is 12.5 Å². The fourth-order valence-electron chi connectivity index (χ4n) is 2.03. The van der Waals surface area contributed by atoms with Gasteiger partial charge in [-0.25, -0.2) is 8.42 Å². The molecule has 0 radical (unpaired) electrons. The molecule has 0 aliphatic carbocycles. The minimum atomic E-state index is -3.87. The first-order valence-electron chi connectivity index (χ1n) is 6.24. The van der Waals surface area contributed by atoms with Crippen LogP contribution in [0.15, 0.2) is 52.4 Å². The second-order valence-corrected chi connectivity index (χ2v) is 6.16. The second kappa shape index (κ2) is 5.50. The van der Waals surface area contributed by atoms with E-state index >= 15 is 0 Å². The van der Waals surface area contributed by atoms with Crippen LogP contribution in [0.2, 0.25) is 0 Å². The third-order valence-corrected chi connectivity index (χ3v) is 4.94. The Morgan fingerprint density at radius 2 is 1.90 bits per heavy atom. The third kappa shape index (κ3) is 2.46. The molecule has 5 nitrogen and oxygen atoms in total. The summed E-state index contributed by atoms with van der Waals surface area (Å²) in [4.78, 5) is 14.2. The molecule has 0 fully saturated rings. The zero-order chi connectivity index (χ0) is 14.8. The van der Waals surface area contributed by atoms with Crippen molar-refractivity contribution < 1.29 is 8.42 Å². The van der Waals surface area contributed by atoms with Gasteiger partial charge in [-0.3, -0.25) is 9.10 Å². The lowest BCUT2D eigenvalue weighted by molar-refractivity contribution is 0.590. The first-order chi connectivity index (χ1) is 9.48. The van der Waals surface area contributed by atoms with Gasteiger partial charge in [0.2, 0.25) is 5.43 Å². The van der Waals surface area contributed by atoms with Gasteiger partial charge in [-0.05, 0) is 25.5 Å². The molecule has 2 rings (SSSR count). The number of rotatable bonds is 4. The molecule has 0 aliphatic heterocycles. The van der Waals surface area contributed by atoms with Gasteiger partial charge in [0.25, 0.3) is 10.0 Å². The van der Waals surface area contributed by atoms with Crippen molar-refractivity contribution in [1.82, 2.24) is 4.98 Å². The van der Waals surface area contributed by atoms with Crippen molar-refractivity contribution in [1.29, 1.82) is 0 Å². The average molecular weight is 292 g/mol. The standard InChI is InChI=1S/C14H16N2O3S/c1-3-16(12-7-5-4-6-11(12)2)20(18,19)14-10-15-9-8-13(14)17/h4-10H,3H2,1-2H3,(H,15,17). The molecule has 0 unspecified atom stereocenters. The van der Waals surface area contributed by atoms with Gasteiger partial charge in [-0.2, -0.15) is 0 Å². The third-order valence-electron chi connectivity index (χ3n) is 3.03. The number of hydrogen-bond donors (Lipinski definition) is 1. The average Bonchev–Trinajstić information content (AvgIpc) is 2.42. The smallest absolute Gasteiger partial charge is 0.269 e. The molecule has 106 valence electrons. The highest BCUT2D eigenvalue weighted by Gasteiger charge is 2.26. The Labute approximate surface area is 117 Å². The molecule has 2 aromatic rings. The van der Waals surface area contributed by atoms with Crippen LogP contribution in [-0.2, 0) is 10.0 Å². The largest absolute Gasteiger partial charge is 0.366 e. The zero-order valence-corrected chi connectivity index (χ0v) is 12.1. The summed E-state index contributed by atoms with van der Waals surface area (Å²) in [6.07, 6.45) is 2.63. The quantitative estimate of drug-likeness (QED) is 0.935. The Balaban J connectivity index is 2.61. The van der Waals surface area contributed by atoms with Gasteiger partial charge >= 0.3 is 0 Å². The number of nitrogens with one attached hydrogen (secondary N) is 1. The second-order valence-electron chi connectivity index (χ2n) is 4.33. The number of sulfonamides is 1. The number of benzene rings is 1. The predicted octanol–water partition coefficient (Wildman–Crippen LogP) is 1.90. The molecule has 0 amide bonds. The normalized spacial score (nSPS) is 11.3. The van der Waals surface area contributed by atoms with Gasteiger partial charge in [-0.1, -0.05) is 18.2 Å². The Morgan fingerprint density at radius 3 is 2.50 bits per heavy atom. The van der Waals surface area contributed by atoms with Crippen LogP contribution >= 0.6 is 0 Å². The summed E-state index contributed by atoms with van der Waals surface area (Å²) in [5.41, 5.74) is 0.902. The molecule has 0 spiro atoms. The zero-order valence-electron chi connectivity index (χ0n) is 11.3. The number of pyridine rings is 1. The number of aryl methyl sites for hydroxylation is 1. The SMILES string of the molecule is CCN(c1ccccc1C)S(=O)(=O)c1c[nH]ccc1=O. The van der Waals surface area contributed by atoms with Gasteiger partial charge in [-0.15, -0.1) is 0 Å². The van der Waals surface area contributed by atoms with Gasteiger partial charge in [0.1, 0.15) is 0 Å². The van der Waals surface area contributed by atoms with E-state index in [4.69, 9.17) is 0 Å². The summed E-state index contributed by atoms with van der Waals surface area (Å²) in [6.45, 7) is 3.82. The predicted molar refractivity (Wildman–Crippen MR) is 78.4 cm³/mol. The Hall–Kier alpha value is -2.08. The minimum absolute atomic E-state index is 0.245. The summed E-state index contributed by atoms with van der Waals surface area (Å²) in [6, 6.07) is 8.39. The van der Waals surface area contributed by atoms with Crippen LogP contribution in [-0.4, -0.2) is 19.9 Å². The fourth-order valence-corrected chi connectivity index (χ4v) is 3.61. The number of aromatic nitrogens is 1. The summed E-state index contributed by atoms with van der Waals surface area (Å²) in [7, 11) is -3.87. The van der Waals surface area contributed by atoms with Crippen molar-refractivity contribution >= 4 is 15.7 Å². The molecule has 1 aromatic carbocycles. The van der Waals surface area contributed by atoms with Crippen LogP contribution in [0.3, 0.4) is 0 Å². The Bertz CT molecular complexity index is 766. The molecule has 20 heavy (non-hydrogen) atoms. The number of hydrogen-bond acceptors (Lipinski definition) is 3. The first-order valence-corrected chi connectivity index (χ1v) is 7.68. The van der Waals surface area contributed by atoms with E-state index in [1.54, 1.807) is 19.1 Å². The van der Waals surface area contributed by atoms with E-state index in [0.29, 0.717) is 5.69 Å². The van der Waals surface area contributed by atoms with Crippen LogP contribution < -0.4 is 9.73 Å². The Kier molecular flexibility index (Phi) is 3.94. The van der Waals surface area contributed by atoms with Crippen molar-refractivity contribution in [2.24, 2.45) is 0 Å². The maximum absolute atomic E-state index is 12.6. The lowest BCUT2D eigenvalue weighted by Gasteiger charge is -2.24. The molecule has 0 atom stereocenters. The maximum atomic E-state index is 12.6. The highest BCUT2D eigenvalue weighted by atomic mass is 32.2. The Morgan fingerprint density at radius 1 is 1.20 bits per heavy atom. The molecule has 1 N–H and O–H groups in total. The van der Waals surface area contributed by atoms with E-state index in [-0.39, 0.29) is 11.4 Å². The molecular formula is C14H16N2O3S. The maximum Gasteiger partial charge on any atom is 0.269 e. The highest BCUT2D eigenvalue weighted by molar-refractivity contribution is 7.92. The minimum Gasteiger partial charge on any atom is -0.366 e. The van der Waals surface area contributed by atoms with Crippen molar-refractivity contribution in [2.75, 3.05) is 10.8 Å². The topological polar surface area (TPSA) is 70.2 Å². The summed E-state index contributed by atoms with van der Waals surface area (Å²) in [5, 5.41) is 0.